The molecule has 0 aromatic heterocycles. The van der Waals surface area contributed by atoms with E-state index in [9.17, 15) is 18.0 Å². The standard InChI is InChI=1S/C26H35Cl2N3O4S/c1-7-18(4)29-26(33)19(5)30(15-22-23(27)9-8-10-24(22)28)25(32)16-31(36(6,34)35)21-13-11-20(12-14-21)17(2)3/h8-14,17-19H,7,15-16H2,1-6H3,(H,29,33). The first-order valence-electron chi connectivity index (χ1n) is 11.9. The molecule has 0 aliphatic rings. The van der Waals surface area contributed by atoms with Crippen molar-refractivity contribution in [3.05, 3.63) is 63.6 Å². The van der Waals surface area contributed by atoms with Crippen LogP contribution in [-0.2, 0) is 26.2 Å². The van der Waals surface area contributed by atoms with Gasteiger partial charge in [-0.3, -0.25) is 13.9 Å². The van der Waals surface area contributed by atoms with E-state index in [0.29, 0.717) is 21.3 Å². The number of rotatable bonds is 11. The van der Waals surface area contributed by atoms with E-state index in [1.807, 2.05) is 39.8 Å². The molecule has 2 aromatic carbocycles. The van der Waals surface area contributed by atoms with Crippen molar-refractivity contribution in [2.75, 3.05) is 17.1 Å². The maximum absolute atomic E-state index is 13.6. The molecule has 198 valence electrons. The molecule has 0 aliphatic carbocycles. The molecule has 2 aromatic rings. The Kier molecular flexibility index (Phi) is 10.6. The van der Waals surface area contributed by atoms with Crippen molar-refractivity contribution in [2.45, 2.75) is 65.6 Å². The normalized spacial score (nSPS) is 13.2. The van der Waals surface area contributed by atoms with Gasteiger partial charge in [0.05, 0.1) is 11.9 Å². The summed E-state index contributed by atoms with van der Waals surface area (Å²) >= 11 is 12.7. The van der Waals surface area contributed by atoms with Gasteiger partial charge in [-0.2, -0.15) is 0 Å². The summed E-state index contributed by atoms with van der Waals surface area (Å²) in [5.74, 6) is -0.641. The van der Waals surface area contributed by atoms with E-state index in [-0.39, 0.29) is 24.4 Å². The van der Waals surface area contributed by atoms with E-state index >= 15 is 0 Å². The van der Waals surface area contributed by atoms with Crippen molar-refractivity contribution in [2.24, 2.45) is 0 Å². The van der Waals surface area contributed by atoms with Crippen LogP contribution in [0.1, 0.15) is 58.1 Å². The third-order valence-electron chi connectivity index (χ3n) is 6.09. The molecule has 2 atom stereocenters. The fourth-order valence-electron chi connectivity index (χ4n) is 3.54. The zero-order chi connectivity index (χ0) is 27.2. The fourth-order valence-corrected chi connectivity index (χ4v) is 4.91. The topological polar surface area (TPSA) is 86.8 Å². The SMILES string of the molecule is CCC(C)NC(=O)C(C)N(Cc1c(Cl)cccc1Cl)C(=O)CN(c1ccc(C(C)C)cc1)S(C)(=O)=O. The molecule has 36 heavy (non-hydrogen) atoms. The minimum absolute atomic E-state index is 0.0592. The Hall–Kier alpha value is -2.29. The van der Waals surface area contributed by atoms with E-state index in [1.54, 1.807) is 37.3 Å². The van der Waals surface area contributed by atoms with Crippen LogP contribution in [0.3, 0.4) is 0 Å². The largest absolute Gasteiger partial charge is 0.352 e. The third kappa shape index (κ3) is 7.85. The highest BCUT2D eigenvalue weighted by molar-refractivity contribution is 7.92. The second kappa shape index (κ2) is 12.8. The predicted molar refractivity (Wildman–Crippen MR) is 147 cm³/mol. The van der Waals surface area contributed by atoms with Gasteiger partial charge in [-0.15, -0.1) is 0 Å². The minimum atomic E-state index is -3.80. The van der Waals surface area contributed by atoms with Crippen LogP contribution in [0.2, 0.25) is 10.0 Å². The average Bonchev–Trinajstić information content (AvgIpc) is 2.81. The highest BCUT2D eigenvalue weighted by atomic mass is 35.5. The van der Waals surface area contributed by atoms with Gasteiger partial charge >= 0.3 is 0 Å². The highest BCUT2D eigenvalue weighted by Crippen LogP contribution is 2.27. The zero-order valence-corrected chi connectivity index (χ0v) is 23.9. The summed E-state index contributed by atoms with van der Waals surface area (Å²) in [6, 6.07) is 11.0. The van der Waals surface area contributed by atoms with E-state index < -0.39 is 28.5 Å². The Bertz CT molecular complexity index is 1150. The van der Waals surface area contributed by atoms with Gasteiger partial charge in [-0.25, -0.2) is 8.42 Å². The van der Waals surface area contributed by atoms with Crippen LogP contribution in [0.25, 0.3) is 0 Å². The first-order valence-corrected chi connectivity index (χ1v) is 14.5. The Morgan fingerprint density at radius 2 is 1.53 bits per heavy atom. The van der Waals surface area contributed by atoms with Gasteiger partial charge in [0.15, 0.2) is 0 Å². The molecule has 0 aliphatic heterocycles. The summed E-state index contributed by atoms with van der Waals surface area (Å²) in [5, 5.41) is 3.57. The smallest absolute Gasteiger partial charge is 0.244 e. The van der Waals surface area contributed by atoms with Crippen molar-refractivity contribution in [3.8, 4) is 0 Å². The lowest BCUT2D eigenvalue weighted by atomic mass is 10.0. The summed E-state index contributed by atoms with van der Waals surface area (Å²) in [6.45, 7) is 8.94. The lowest BCUT2D eigenvalue weighted by molar-refractivity contribution is -0.139. The zero-order valence-electron chi connectivity index (χ0n) is 21.6. The van der Waals surface area contributed by atoms with Crippen molar-refractivity contribution in [1.29, 1.82) is 0 Å². The van der Waals surface area contributed by atoms with Crippen LogP contribution < -0.4 is 9.62 Å². The van der Waals surface area contributed by atoms with Crippen molar-refractivity contribution < 1.29 is 18.0 Å². The van der Waals surface area contributed by atoms with Crippen LogP contribution >= 0.6 is 23.2 Å². The number of nitrogens with one attached hydrogen (secondary N) is 1. The number of sulfonamides is 1. The number of carbonyl (C=O) groups is 2. The Labute approximate surface area is 224 Å². The quantitative estimate of drug-likeness (QED) is 0.412. The molecule has 0 fully saturated rings. The monoisotopic (exact) mass is 555 g/mol. The second-order valence-corrected chi connectivity index (χ2v) is 12.0. The summed E-state index contributed by atoms with van der Waals surface area (Å²) in [6.07, 6.45) is 1.77. The van der Waals surface area contributed by atoms with Crippen LogP contribution in [-0.4, -0.2) is 50.0 Å². The Morgan fingerprint density at radius 3 is 2.00 bits per heavy atom. The summed E-state index contributed by atoms with van der Waals surface area (Å²) in [4.78, 5) is 27.9. The molecular weight excluding hydrogens is 521 g/mol. The molecule has 1 N–H and O–H groups in total. The van der Waals surface area contributed by atoms with Gasteiger partial charge in [-0.1, -0.05) is 62.2 Å². The van der Waals surface area contributed by atoms with E-state index in [0.717, 1.165) is 22.5 Å². The number of anilines is 1. The lowest BCUT2D eigenvalue weighted by Crippen LogP contribution is -2.52. The molecule has 0 spiro atoms. The van der Waals surface area contributed by atoms with Crippen molar-refractivity contribution in [3.63, 3.8) is 0 Å². The number of hydrogen-bond donors (Lipinski definition) is 1. The van der Waals surface area contributed by atoms with Gasteiger partial charge in [0.2, 0.25) is 21.8 Å². The number of amides is 2. The molecule has 0 bridgehead atoms. The summed E-state index contributed by atoms with van der Waals surface area (Å²) in [7, 11) is -3.80. The van der Waals surface area contributed by atoms with Crippen LogP contribution in [0.15, 0.2) is 42.5 Å². The Morgan fingerprint density at radius 1 is 0.972 bits per heavy atom. The molecule has 2 amide bonds. The Balaban J connectivity index is 2.44. The predicted octanol–water partition coefficient (Wildman–Crippen LogP) is 5.21. The molecule has 2 rings (SSSR count). The van der Waals surface area contributed by atoms with Crippen molar-refractivity contribution >= 4 is 50.7 Å². The molecule has 0 heterocycles. The summed E-state index contributed by atoms with van der Waals surface area (Å²) < 4.78 is 26.4. The summed E-state index contributed by atoms with van der Waals surface area (Å²) in [5.41, 5.74) is 1.89. The lowest BCUT2D eigenvalue weighted by Gasteiger charge is -2.32. The molecule has 10 heteroatoms. The van der Waals surface area contributed by atoms with Crippen LogP contribution in [0.5, 0.6) is 0 Å². The first kappa shape index (κ1) is 29.9. The van der Waals surface area contributed by atoms with Crippen LogP contribution in [0.4, 0.5) is 5.69 Å². The van der Waals surface area contributed by atoms with Gasteiger partial charge in [-0.05, 0) is 56.0 Å². The van der Waals surface area contributed by atoms with E-state index in [4.69, 9.17) is 23.2 Å². The molecule has 0 radical (unpaired) electrons. The van der Waals surface area contributed by atoms with Gasteiger partial charge in [0, 0.05) is 28.2 Å². The number of benzene rings is 2. The maximum Gasteiger partial charge on any atom is 0.244 e. The third-order valence-corrected chi connectivity index (χ3v) is 7.93. The number of hydrogen-bond acceptors (Lipinski definition) is 4. The van der Waals surface area contributed by atoms with Crippen molar-refractivity contribution in [1.82, 2.24) is 10.2 Å². The van der Waals surface area contributed by atoms with Gasteiger partial charge in [0.25, 0.3) is 0 Å². The molecule has 0 saturated heterocycles. The fraction of sp³-hybridized carbons (Fsp3) is 0.462. The number of carbonyl (C=O) groups excluding carboxylic acids is 2. The minimum Gasteiger partial charge on any atom is -0.352 e. The van der Waals surface area contributed by atoms with Gasteiger partial charge in [0.1, 0.15) is 12.6 Å². The van der Waals surface area contributed by atoms with Gasteiger partial charge < -0.3 is 10.2 Å². The molecule has 2 unspecified atom stereocenters. The average molecular weight is 557 g/mol. The number of nitrogens with zero attached hydrogens (tertiary/aromatic N) is 2. The molecule has 7 nitrogen and oxygen atoms in total. The maximum atomic E-state index is 13.6. The number of halogens is 2. The first-order chi connectivity index (χ1) is 16.8. The van der Waals surface area contributed by atoms with E-state index in [1.165, 1.54) is 4.90 Å². The van der Waals surface area contributed by atoms with Crippen LogP contribution in [0, 0.1) is 0 Å². The molecule has 0 saturated carbocycles. The second-order valence-electron chi connectivity index (χ2n) is 9.23. The molecular formula is C26H35Cl2N3O4S. The highest BCUT2D eigenvalue weighted by Gasteiger charge is 2.31. The van der Waals surface area contributed by atoms with E-state index in [2.05, 4.69) is 5.32 Å².